The Bertz CT molecular complexity index is 963. The quantitative estimate of drug-likeness (QED) is 0.239. The molecule has 1 aliphatic heterocycles. The molecule has 8 nitrogen and oxygen atoms in total. The van der Waals surface area contributed by atoms with Crippen molar-refractivity contribution in [2.24, 2.45) is 4.99 Å². The van der Waals surface area contributed by atoms with Gasteiger partial charge in [-0.15, -0.1) is 0 Å². The van der Waals surface area contributed by atoms with Crippen molar-refractivity contribution in [3.8, 4) is 11.5 Å². The van der Waals surface area contributed by atoms with Crippen LogP contribution in [0.2, 0.25) is 0 Å². The molecule has 28 heavy (non-hydrogen) atoms. The minimum absolute atomic E-state index is 0.00850. The van der Waals surface area contributed by atoms with Crippen LogP contribution in [-0.2, 0) is 9.53 Å². The van der Waals surface area contributed by atoms with Crippen molar-refractivity contribution in [1.82, 2.24) is 0 Å². The second-order valence-electron chi connectivity index (χ2n) is 6.02. The predicted molar refractivity (Wildman–Crippen MR) is 100.0 cm³/mol. The van der Waals surface area contributed by atoms with Gasteiger partial charge >= 0.3 is 5.97 Å². The van der Waals surface area contributed by atoms with Gasteiger partial charge in [0.1, 0.15) is 5.75 Å². The third kappa shape index (κ3) is 4.17. The van der Waals surface area contributed by atoms with Crippen molar-refractivity contribution in [3.63, 3.8) is 0 Å². The van der Waals surface area contributed by atoms with Gasteiger partial charge in [0.25, 0.3) is 5.69 Å². The van der Waals surface area contributed by atoms with Gasteiger partial charge in [-0.1, -0.05) is 25.5 Å². The summed E-state index contributed by atoms with van der Waals surface area (Å²) in [6, 6.07) is 10.8. The molecule has 1 heterocycles. The molecule has 0 bridgehead atoms. The van der Waals surface area contributed by atoms with E-state index < -0.39 is 22.3 Å². The number of carbonyl (C=O) groups is 1. The zero-order chi connectivity index (χ0) is 20.1. The molecule has 0 N–H and O–H groups in total. The molecule has 0 fully saturated rings. The summed E-state index contributed by atoms with van der Waals surface area (Å²) in [6.45, 7) is 2.70. The van der Waals surface area contributed by atoms with E-state index in [9.17, 15) is 20.0 Å². The first-order valence-corrected chi connectivity index (χ1v) is 8.70. The molecule has 0 saturated heterocycles. The van der Waals surface area contributed by atoms with Crippen LogP contribution in [0.1, 0.15) is 30.9 Å². The monoisotopic (exact) mass is 381 g/mol. The molecular formula is C20H17N2O6-. The molecule has 0 unspecified atom stereocenters. The average molecular weight is 381 g/mol. The van der Waals surface area contributed by atoms with Crippen molar-refractivity contribution in [2.75, 3.05) is 6.61 Å². The van der Waals surface area contributed by atoms with E-state index in [4.69, 9.17) is 9.47 Å². The van der Waals surface area contributed by atoms with Gasteiger partial charge in [-0.25, -0.2) is 9.79 Å². The van der Waals surface area contributed by atoms with E-state index in [2.05, 4.69) is 11.9 Å². The summed E-state index contributed by atoms with van der Waals surface area (Å²) in [6.07, 6.45) is 3.18. The van der Waals surface area contributed by atoms with Gasteiger partial charge in [0.15, 0.2) is 5.70 Å². The van der Waals surface area contributed by atoms with Crippen molar-refractivity contribution >= 4 is 23.6 Å². The number of esters is 1. The lowest BCUT2D eigenvalue weighted by atomic mass is 10.1. The summed E-state index contributed by atoms with van der Waals surface area (Å²) in [7, 11) is 0. The maximum absolute atomic E-state index is 12.1. The second-order valence-corrected chi connectivity index (χ2v) is 6.02. The minimum Gasteiger partial charge on any atom is -0.867 e. The number of nitro groups is 1. The van der Waals surface area contributed by atoms with E-state index in [1.54, 1.807) is 24.3 Å². The van der Waals surface area contributed by atoms with Crippen LogP contribution in [-0.4, -0.2) is 23.4 Å². The van der Waals surface area contributed by atoms with E-state index in [-0.39, 0.29) is 17.2 Å². The third-order valence-corrected chi connectivity index (χ3v) is 4.00. The van der Waals surface area contributed by atoms with Gasteiger partial charge < -0.3 is 14.6 Å². The molecule has 144 valence electrons. The smallest absolute Gasteiger partial charge is 0.363 e. The SMILES string of the molecule is CCCCOc1ccc(C2=N/C(=C\c3cccc([N+](=O)[O-])c3[O-])C(=O)O2)cc1. The Morgan fingerprint density at radius 2 is 1.96 bits per heavy atom. The van der Waals surface area contributed by atoms with Crippen molar-refractivity contribution in [3.05, 3.63) is 69.4 Å². The van der Waals surface area contributed by atoms with Gasteiger partial charge in [0, 0.05) is 11.6 Å². The van der Waals surface area contributed by atoms with E-state index >= 15 is 0 Å². The Hall–Kier alpha value is -3.68. The molecular weight excluding hydrogens is 364 g/mol. The van der Waals surface area contributed by atoms with E-state index in [0.717, 1.165) is 18.9 Å². The van der Waals surface area contributed by atoms with Gasteiger partial charge in [-0.05, 0) is 48.1 Å². The number of hydrogen-bond acceptors (Lipinski definition) is 7. The fourth-order valence-electron chi connectivity index (χ4n) is 2.51. The highest BCUT2D eigenvalue weighted by molar-refractivity contribution is 6.13. The molecule has 0 aromatic heterocycles. The van der Waals surface area contributed by atoms with Crippen molar-refractivity contribution < 1.29 is 24.3 Å². The first-order valence-electron chi connectivity index (χ1n) is 8.70. The molecule has 0 amide bonds. The Balaban J connectivity index is 1.82. The summed E-state index contributed by atoms with van der Waals surface area (Å²) >= 11 is 0. The number of benzene rings is 2. The predicted octanol–water partition coefficient (Wildman–Crippen LogP) is 3.19. The Morgan fingerprint density at radius 3 is 2.64 bits per heavy atom. The topological polar surface area (TPSA) is 114 Å². The van der Waals surface area contributed by atoms with Crippen molar-refractivity contribution in [2.45, 2.75) is 19.8 Å². The van der Waals surface area contributed by atoms with Gasteiger partial charge in [0.2, 0.25) is 5.90 Å². The molecule has 2 aromatic rings. The van der Waals surface area contributed by atoms with Crippen LogP contribution < -0.4 is 9.84 Å². The van der Waals surface area contributed by atoms with Crippen LogP contribution in [0.5, 0.6) is 11.5 Å². The fourth-order valence-corrected chi connectivity index (χ4v) is 2.51. The summed E-state index contributed by atoms with van der Waals surface area (Å²) in [5.74, 6) is -0.728. The maximum atomic E-state index is 12.1. The maximum Gasteiger partial charge on any atom is 0.363 e. The van der Waals surface area contributed by atoms with E-state index in [1.165, 1.54) is 18.2 Å². The van der Waals surface area contributed by atoms with Crippen LogP contribution in [0.25, 0.3) is 6.08 Å². The van der Waals surface area contributed by atoms with E-state index in [0.29, 0.717) is 17.9 Å². The van der Waals surface area contributed by atoms with Gasteiger partial charge in [-0.2, -0.15) is 0 Å². The molecule has 0 atom stereocenters. The Morgan fingerprint density at radius 1 is 1.21 bits per heavy atom. The lowest BCUT2D eigenvalue weighted by molar-refractivity contribution is -0.398. The van der Waals surface area contributed by atoms with Crippen LogP contribution in [0, 0.1) is 10.1 Å². The molecule has 1 aliphatic rings. The van der Waals surface area contributed by atoms with Gasteiger partial charge in [0.05, 0.1) is 11.5 Å². The van der Waals surface area contributed by atoms with Crippen LogP contribution in [0.4, 0.5) is 5.69 Å². The summed E-state index contributed by atoms with van der Waals surface area (Å²) in [5.41, 5.74) is -0.105. The average Bonchev–Trinajstić information content (AvgIpc) is 3.04. The normalized spacial score (nSPS) is 14.7. The van der Waals surface area contributed by atoms with Gasteiger partial charge in [-0.3, -0.25) is 10.1 Å². The van der Waals surface area contributed by atoms with E-state index in [1.807, 2.05) is 0 Å². The lowest BCUT2D eigenvalue weighted by Crippen LogP contribution is -2.05. The highest BCUT2D eigenvalue weighted by atomic mass is 16.6. The number of nitro benzene ring substituents is 1. The molecule has 3 rings (SSSR count). The van der Waals surface area contributed by atoms with Crippen LogP contribution in [0.15, 0.2) is 53.2 Å². The molecule has 0 saturated carbocycles. The largest absolute Gasteiger partial charge is 0.867 e. The third-order valence-electron chi connectivity index (χ3n) is 4.00. The number of hydrogen-bond donors (Lipinski definition) is 0. The Labute approximate surface area is 160 Å². The van der Waals surface area contributed by atoms with Crippen molar-refractivity contribution in [1.29, 1.82) is 0 Å². The lowest BCUT2D eigenvalue weighted by Gasteiger charge is -2.09. The first kappa shape index (κ1) is 19.1. The highest BCUT2D eigenvalue weighted by Gasteiger charge is 2.24. The number of ether oxygens (including phenoxy) is 2. The number of carbonyl (C=O) groups excluding carboxylic acids is 1. The summed E-state index contributed by atoms with van der Waals surface area (Å²) in [4.78, 5) is 26.3. The molecule has 2 aromatic carbocycles. The zero-order valence-electron chi connectivity index (χ0n) is 15.1. The number of rotatable bonds is 7. The number of aliphatic imine (C=N–C) groups is 1. The molecule has 0 aliphatic carbocycles. The molecule has 0 spiro atoms. The Kier molecular flexibility index (Phi) is 5.69. The van der Waals surface area contributed by atoms with Crippen LogP contribution >= 0.6 is 0 Å². The fraction of sp³-hybridized carbons (Fsp3) is 0.200. The summed E-state index contributed by atoms with van der Waals surface area (Å²) in [5, 5.41) is 23.0. The number of unbranched alkanes of at least 4 members (excludes halogenated alkanes) is 1. The minimum atomic E-state index is -0.787. The highest BCUT2D eigenvalue weighted by Crippen LogP contribution is 2.29. The second kappa shape index (κ2) is 8.34. The van der Waals surface area contributed by atoms with Crippen LogP contribution in [0.3, 0.4) is 0 Å². The number of para-hydroxylation sites is 1. The first-order chi connectivity index (χ1) is 13.5. The standard InChI is InChI=1S/C20H18N2O6/c1-2-3-11-27-15-9-7-13(8-10-15)19-21-16(20(24)28-19)12-14-5-4-6-17(18(14)23)22(25)26/h4-10,12,23H,2-3,11H2,1H3/p-1/b16-12-. The number of cyclic esters (lactones) is 1. The summed E-state index contributed by atoms with van der Waals surface area (Å²) < 4.78 is 10.7. The number of nitrogens with zero attached hydrogens (tertiary/aromatic N) is 2. The zero-order valence-corrected chi connectivity index (χ0v) is 15.1. The molecule has 0 radical (unpaired) electrons. The molecule has 8 heteroatoms.